The lowest BCUT2D eigenvalue weighted by Crippen LogP contribution is -2.45. The molecule has 31 heavy (non-hydrogen) atoms. The first-order valence-electron chi connectivity index (χ1n) is 11.7. The van der Waals surface area contributed by atoms with E-state index < -0.39 is 0 Å². The number of piperazine rings is 1. The number of amides is 3. The van der Waals surface area contributed by atoms with Crippen LogP contribution >= 0.6 is 0 Å². The van der Waals surface area contributed by atoms with Crippen molar-refractivity contribution >= 4 is 17.7 Å². The van der Waals surface area contributed by atoms with Crippen LogP contribution in [0, 0.1) is 11.8 Å². The summed E-state index contributed by atoms with van der Waals surface area (Å²) < 4.78 is 0. The van der Waals surface area contributed by atoms with Crippen LogP contribution < -0.4 is 5.32 Å². The topological polar surface area (TPSA) is 73.0 Å². The number of imide groups is 1. The van der Waals surface area contributed by atoms with Crippen molar-refractivity contribution in [3.63, 3.8) is 0 Å². The highest BCUT2D eigenvalue weighted by Crippen LogP contribution is 2.37. The van der Waals surface area contributed by atoms with Crippen molar-refractivity contribution in [3.05, 3.63) is 35.4 Å². The predicted octanol–water partition coefficient (Wildman–Crippen LogP) is 1.62. The van der Waals surface area contributed by atoms with Crippen molar-refractivity contribution in [2.24, 2.45) is 11.8 Å². The van der Waals surface area contributed by atoms with Gasteiger partial charge >= 0.3 is 0 Å². The van der Waals surface area contributed by atoms with Gasteiger partial charge in [0.15, 0.2) is 0 Å². The minimum Gasteiger partial charge on any atom is -0.350 e. The van der Waals surface area contributed by atoms with Gasteiger partial charge in [-0.05, 0) is 30.5 Å². The SMILES string of the molecule is CCN1CCN(Cc2ccccc2CNC(=O)CN2C(=O)C3CCCCC3C2=O)CC1. The molecule has 0 radical (unpaired) electrons. The predicted molar refractivity (Wildman–Crippen MR) is 118 cm³/mol. The highest BCUT2D eigenvalue weighted by molar-refractivity contribution is 6.07. The van der Waals surface area contributed by atoms with E-state index >= 15 is 0 Å². The van der Waals surface area contributed by atoms with Crippen LogP contribution in [0.15, 0.2) is 24.3 Å². The Balaban J connectivity index is 1.31. The molecule has 0 aromatic heterocycles. The summed E-state index contributed by atoms with van der Waals surface area (Å²) in [5.41, 5.74) is 2.30. The fourth-order valence-electron chi connectivity index (χ4n) is 5.17. The van der Waals surface area contributed by atoms with E-state index in [1.165, 1.54) is 10.5 Å². The fraction of sp³-hybridized carbons (Fsp3) is 0.625. The van der Waals surface area contributed by atoms with Crippen molar-refractivity contribution in [2.45, 2.75) is 45.7 Å². The number of carbonyl (C=O) groups excluding carboxylic acids is 3. The van der Waals surface area contributed by atoms with E-state index in [2.05, 4.69) is 28.1 Å². The molecule has 2 saturated heterocycles. The monoisotopic (exact) mass is 426 g/mol. The normalized spacial score (nSPS) is 25.0. The van der Waals surface area contributed by atoms with Gasteiger partial charge in [0.05, 0.1) is 11.8 Å². The lowest BCUT2D eigenvalue weighted by Gasteiger charge is -2.34. The maximum absolute atomic E-state index is 12.6. The van der Waals surface area contributed by atoms with Gasteiger partial charge in [-0.25, -0.2) is 0 Å². The molecule has 1 aliphatic carbocycles. The molecule has 1 aromatic rings. The van der Waals surface area contributed by atoms with Gasteiger partial charge in [0.25, 0.3) is 0 Å². The molecule has 168 valence electrons. The zero-order valence-electron chi connectivity index (χ0n) is 18.5. The fourth-order valence-corrected chi connectivity index (χ4v) is 5.17. The molecule has 3 aliphatic rings. The number of likely N-dealkylation sites (N-methyl/N-ethyl adjacent to an activating group) is 1. The average Bonchev–Trinajstić information content (AvgIpc) is 3.04. The summed E-state index contributed by atoms with van der Waals surface area (Å²) in [4.78, 5) is 43.9. The maximum atomic E-state index is 12.6. The van der Waals surface area contributed by atoms with Crippen molar-refractivity contribution in [1.29, 1.82) is 0 Å². The van der Waals surface area contributed by atoms with Gasteiger partial charge in [0.1, 0.15) is 6.54 Å². The molecule has 0 bridgehead atoms. The Morgan fingerprint density at radius 1 is 0.935 bits per heavy atom. The quantitative estimate of drug-likeness (QED) is 0.671. The third-order valence-electron chi connectivity index (χ3n) is 7.13. The van der Waals surface area contributed by atoms with E-state index in [9.17, 15) is 14.4 Å². The molecule has 2 aliphatic heterocycles. The molecule has 0 spiro atoms. The Hall–Kier alpha value is -2.25. The first kappa shape index (κ1) is 22.0. The Labute approximate surface area is 184 Å². The van der Waals surface area contributed by atoms with E-state index in [1.807, 2.05) is 18.2 Å². The van der Waals surface area contributed by atoms with Crippen molar-refractivity contribution in [3.8, 4) is 0 Å². The minimum absolute atomic E-state index is 0.156. The zero-order valence-corrected chi connectivity index (χ0v) is 18.5. The molecule has 3 amide bonds. The molecule has 3 fully saturated rings. The lowest BCUT2D eigenvalue weighted by atomic mass is 9.81. The number of nitrogens with one attached hydrogen (secondary N) is 1. The molecule has 2 unspecified atom stereocenters. The standard InChI is InChI=1S/C24H34N4O3/c1-2-26-11-13-27(14-12-26)16-19-8-4-3-7-18(19)15-25-22(29)17-28-23(30)20-9-5-6-10-21(20)24(28)31/h3-4,7-8,20-21H,2,5-6,9-17H2,1H3,(H,25,29). The molecular formula is C24H34N4O3. The summed E-state index contributed by atoms with van der Waals surface area (Å²) in [6.45, 7) is 8.70. The minimum atomic E-state index is -0.272. The largest absolute Gasteiger partial charge is 0.350 e. The van der Waals surface area contributed by atoms with Gasteiger partial charge < -0.3 is 10.2 Å². The van der Waals surface area contributed by atoms with Crippen LogP contribution in [-0.4, -0.2) is 71.7 Å². The van der Waals surface area contributed by atoms with E-state index in [0.717, 1.165) is 70.5 Å². The summed E-state index contributed by atoms with van der Waals surface area (Å²) in [5, 5.41) is 2.93. The molecule has 4 rings (SSSR count). The number of nitrogens with zero attached hydrogens (tertiary/aromatic N) is 3. The van der Waals surface area contributed by atoms with E-state index in [0.29, 0.717) is 6.54 Å². The van der Waals surface area contributed by atoms with Crippen LogP contribution in [0.1, 0.15) is 43.7 Å². The first-order chi connectivity index (χ1) is 15.1. The summed E-state index contributed by atoms with van der Waals surface area (Å²) in [6.07, 6.45) is 3.52. The van der Waals surface area contributed by atoms with E-state index in [1.54, 1.807) is 0 Å². The Morgan fingerprint density at radius 3 is 2.13 bits per heavy atom. The van der Waals surface area contributed by atoms with Crippen LogP contribution in [0.4, 0.5) is 0 Å². The third-order valence-corrected chi connectivity index (χ3v) is 7.13. The second-order valence-corrected chi connectivity index (χ2v) is 9.02. The van der Waals surface area contributed by atoms with Gasteiger partial charge in [-0.1, -0.05) is 44.0 Å². The van der Waals surface area contributed by atoms with E-state index in [4.69, 9.17) is 0 Å². The van der Waals surface area contributed by atoms with Crippen molar-refractivity contribution in [1.82, 2.24) is 20.0 Å². The lowest BCUT2D eigenvalue weighted by molar-refractivity contribution is -0.143. The maximum Gasteiger partial charge on any atom is 0.240 e. The zero-order chi connectivity index (χ0) is 21.8. The molecule has 2 heterocycles. The molecular weight excluding hydrogens is 392 g/mol. The highest BCUT2D eigenvalue weighted by atomic mass is 16.2. The molecule has 2 atom stereocenters. The van der Waals surface area contributed by atoms with Crippen LogP contribution in [0.3, 0.4) is 0 Å². The highest BCUT2D eigenvalue weighted by Gasteiger charge is 2.48. The van der Waals surface area contributed by atoms with Crippen molar-refractivity contribution in [2.75, 3.05) is 39.3 Å². The van der Waals surface area contributed by atoms with Gasteiger partial charge in [-0.15, -0.1) is 0 Å². The molecule has 7 heteroatoms. The number of rotatable bonds is 7. The molecule has 1 aromatic carbocycles. The first-order valence-corrected chi connectivity index (χ1v) is 11.7. The Kier molecular flexibility index (Phi) is 7.02. The van der Waals surface area contributed by atoms with Gasteiger partial charge in [0.2, 0.25) is 17.7 Å². The number of hydrogen-bond acceptors (Lipinski definition) is 5. The smallest absolute Gasteiger partial charge is 0.240 e. The summed E-state index contributed by atoms with van der Waals surface area (Å²) >= 11 is 0. The summed E-state index contributed by atoms with van der Waals surface area (Å²) in [7, 11) is 0. The molecule has 1 N–H and O–H groups in total. The summed E-state index contributed by atoms with van der Waals surface area (Å²) in [6, 6.07) is 8.18. The average molecular weight is 427 g/mol. The Bertz CT molecular complexity index is 795. The van der Waals surface area contributed by atoms with Crippen molar-refractivity contribution < 1.29 is 14.4 Å². The third kappa shape index (κ3) is 4.99. The van der Waals surface area contributed by atoms with Crippen LogP contribution in [0.25, 0.3) is 0 Å². The second kappa shape index (κ2) is 9.92. The van der Waals surface area contributed by atoms with Crippen LogP contribution in [0.2, 0.25) is 0 Å². The number of likely N-dealkylation sites (tertiary alicyclic amines) is 1. The van der Waals surface area contributed by atoms with Gasteiger partial charge in [0, 0.05) is 39.3 Å². The van der Waals surface area contributed by atoms with Gasteiger partial charge in [-0.3, -0.25) is 24.2 Å². The summed E-state index contributed by atoms with van der Waals surface area (Å²) in [5.74, 6) is -0.995. The van der Waals surface area contributed by atoms with E-state index in [-0.39, 0.29) is 36.1 Å². The van der Waals surface area contributed by atoms with Crippen LogP contribution in [-0.2, 0) is 27.5 Å². The Morgan fingerprint density at radius 2 is 1.52 bits per heavy atom. The number of fused-ring (bicyclic) bond motifs is 1. The molecule has 7 nitrogen and oxygen atoms in total. The number of hydrogen-bond donors (Lipinski definition) is 1. The number of carbonyl (C=O) groups is 3. The number of benzene rings is 1. The van der Waals surface area contributed by atoms with Crippen LogP contribution in [0.5, 0.6) is 0 Å². The second-order valence-electron chi connectivity index (χ2n) is 9.02. The molecule has 1 saturated carbocycles. The van der Waals surface area contributed by atoms with Gasteiger partial charge in [-0.2, -0.15) is 0 Å².